The van der Waals surface area contributed by atoms with Crippen molar-refractivity contribution in [1.29, 1.82) is 0 Å². The molecule has 106 valence electrons. The molecule has 2 aromatic rings. The largest absolute Gasteiger partial charge is 0.383 e. The van der Waals surface area contributed by atoms with Crippen LogP contribution in [0.1, 0.15) is 0 Å². The maximum atomic E-state index is 4.31. The Balaban J connectivity index is 1.84. The minimum absolute atomic E-state index is 0.770. The van der Waals surface area contributed by atoms with E-state index < -0.39 is 0 Å². The first-order valence-electron chi connectivity index (χ1n) is 6.38. The van der Waals surface area contributed by atoms with E-state index in [-0.39, 0.29) is 0 Å². The van der Waals surface area contributed by atoms with Crippen molar-refractivity contribution in [3.63, 3.8) is 0 Å². The lowest BCUT2D eigenvalue weighted by Crippen LogP contribution is -2.18. The van der Waals surface area contributed by atoms with E-state index in [1.165, 1.54) is 0 Å². The molecule has 0 aliphatic heterocycles. The molecule has 0 spiro atoms. The molecule has 0 fully saturated rings. The van der Waals surface area contributed by atoms with Gasteiger partial charge in [0.2, 0.25) is 0 Å². The molecule has 6 heteroatoms. The van der Waals surface area contributed by atoms with Crippen LogP contribution in [0.15, 0.2) is 41.1 Å². The molecule has 0 aliphatic rings. The molecule has 0 bridgehead atoms. The quantitative estimate of drug-likeness (QED) is 0.795. The van der Waals surface area contributed by atoms with Crippen molar-refractivity contribution in [2.45, 2.75) is 0 Å². The van der Waals surface area contributed by atoms with Gasteiger partial charge in [-0.25, -0.2) is 9.97 Å². The standard InChI is InChI=1S/C14H18BrN5/c1-20(2)14-13(18-8-9-19-14)17-7-6-16-12-5-3-4-11(15)10-12/h3-5,8-10,16H,6-7H2,1-2H3,(H,17,18). The van der Waals surface area contributed by atoms with Crippen LogP contribution in [0.3, 0.4) is 0 Å². The van der Waals surface area contributed by atoms with E-state index in [1.54, 1.807) is 12.4 Å². The Morgan fingerprint density at radius 1 is 1.10 bits per heavy atom. The van der Waals surface area contributed by atoms with Crippen LogP contribution in [0, 0.1) is 0 Å². The number of aromatic nitrogens is 2. The van der Waals surface area contributed by atoms with E-state index in [9.17, 15) is 0 Å². The zero-order chi connectivity index (χ0) is 14.4. The Kier molecular flexibility index (Phi) is 5.17. The third-order valence-electron chi connectivity index (χ3n) is 2.67. The van der Waals surface area contributed by atoms with Crippen LogP contribution in [-0.2, 0) is 0 Å². The second kappa shape index (κ2) is 7.09. The van der Waals surface area contributed by atoms with E-state index in [4.69, 9.17) is 0 Å². The summed E-state index contributed by atoms with van der Waals surface area (Å²) in [5, 5.41) is 6.64. The summed E-state index contributed by atoms with van der Waals surface area (Å²) in [6, 6.07) is 8.10. The summed E-state index contributed by atoms with van der Waals surface area (Å²) in [4.78, 5) is 10.6. The van der Waals surface area contributed by atoms with Gasteiger partial charge in [0, 0.05) is 49.7 Å². The smallest absolute Gasteiger partial charge is 0.171 e. The maximum absolute atomic E-state index is 4.31. The minimum atomic E-state index is 0.770. The zero-order valence-corrected chi connectivity index (χ0v) is 13.2. The maximum Gasteiger partial charge on any atom is 0.171 e. The van der Waals surface area contributed by atoms with Crippen LogP contribution in [-0.4, -0.2) is 37.2 Å². The number of hydrogen-bond acceptors (Lipinski definition) is 5. The van der Waals surface area contributed by atoms with E-state index in [1.807, 2.05) is 43.3 Å². The Morgan fingerprint density at radius 2 is 1.85 bits per heavy atom. The first-order chi connectivity index (χ1) is 9.66. The van der Waals surface area contributed by atoms with Gasteiger partial charge in [-0.15, -0.1) is 0 Å². The average molecular weight is 336 g/mol. The van der Waals surface area contributed by atoms with Gasteiger partial charge in [0.05, 0.1) is 0 Å². The SMILES string of the molecule is CN(C)c1nccnc1NCCNc1cccc(Br)c1. The van der Waals surface area contributed by atoms with Crippen molar-refractivity contribution in [3.8, 4) is 0 Å². The van der Waals surface area contributed by atoms with Gasteiger partial charge in [-0.1, -0.05) is 22.0 Å². The molecule has 0 saturated heterocycles. The fourth-order valence-corrected chi connectivity index (χ4v) is 2.17. The van der Waals surface area contributed by atoms with Crippen molar-refractivity contribution in [1.82, 2.24) is 9.97 Å². The summed E-state index contributed by atoms with van der Waals surface area (Å²) < 4.78 is 1.07. The third-order valence-corrected chi connectivity index (χ3v) is 3.17. The number of halogens is 1. The highest BCUT2D eigenvalue weighted by Crippen LogP contribution is 2.17. The molecule has 2 rings (SSSR count). The van der Waals surface area contributed by atoms with Crippen LogP contribution < -0.4 is 15.5 Å². The highest BCUT2D eigenvalue weighted by atomic mass is 79.9. The van der Waals surface area contributed by atoms with E-state index >= 15 is 0 Å². The van der Waals surface area contributed by atoms with Crippen molar-refractivity contribution in [3.05, 3.63) is 41.1 Å². The Morgan fingerprint density at radius 3 is 2.60 bits per heavy atom. The third kappa shape index (κ3) is 4.09. The molecular formula is C14H18BrN5. The van der Waals surface area contributed by atoms with Gasteiger partial charge in [-0.05, 0) is 18.2 Å². The molecule has 0 atom stereocenters. The van der Waals surface area contributed by atoms with Crippen LogP contribution >= 0.6 is 15.9 Å². The average Bonchev–Trinajstić information content (AvgIpc) is 2.44. The number of rotatable bonds is 6. The lowest BCUT2D eigenvalue weighted by Gasteiger charge is -2.16. The number of benzene rings is 1. The van der Waals surface area contributed by atoms with Gasteiger partial charge in [-0.2, -0.15) is 0 Å². The second-order valence-electron chi connectivity index (χ2n) is 4.49. The van der Waals surface area contributed by atoms with E-state index in [0.29, 0.717) is 0 Å². The first kappa shape index (κ1) is 14.6. The molecule has 0 radical (unpaired) electrons. The minimum Gasteiger partial charge on any atom is -0.383 e. The van der Waals surface area contributed by atoms with Gasteiger partial charge in [0.1, 0.15) is 0 Å². The molecule has 0 saturated carbocycles. The Bertz CT molecular complexity index is 559. The van der Waals surface area contributed by atoms with Crippen molar-refractivity contribution < 1.29 is 0 Å². The van der Waals surface area contributed by atoms with Gasteiger partial charge in [-0.3, -0.25) is 0 Å². The predicted molar refractivity (Wildman–Crippen MR) is 87.5 cm³/mol. The van der Waals surface area contributed by atoms with Gasteiger partial charge in [0.25, 0.3) is 0 Å². The van der Waals surface area contributed by atoms with Crippen molar-refractivity contribution in [2.24, 2.45) is 0 Å². The number of nitrogens with one attached hydrogen (secondary N) is 2. The molecule has 5 nitrogen and oxygen atoms in total. The Hall–Kier alpha value is -1.82. The molecule has 0 aliphatic carbocycles. The molecule has 1 heterocycles. The normalized spacial score (nSPS) is 10.2. The van der Waals surface area contributed by atoms with Gasteiger partial charge in [0.15, 0.2) is 11.6 Å². The van der Waals surface area contributed by atoms with Crippen molar-refractivity contribution >= 4 is 33.3 Å². The van der Waals surface area contributed by atoms with Crippen LogP contribution in [0.4, 0.5) is 17.3 Å². The monoisotopic (exact) mass is 335 g/mol. The molecule has 0 amide bonds. The molecule has 1 aromatic heterocycles. The molecular weight excluding hydrogens is 318 g/mol. The number of nitrogens with zero attached hydrogens (tertiary/aromatic N) is 3. The topological polar surface area (TPSA) is 53.1 Å². The van der Waals surface area contributed by atoms with Crippen LogP contribution in [0.25, 0.3) is 0 Å². The van der Waals surface area contributed by atoms with Crippen LogP contribution in [0.5, 0.6) is 0 Å². The lowest BCUT2D eigenvalue weighted by molar-refractivity contribution is 1.01. The van der Waals surface area contributed by atoms with Crippen LogP contribution in [0.2, 0.25) is 0 Å². The Labute approximate surface area is 127 Å². The fraction of sp³-hybridized carbons (Fsp3) is 0.286. The summed E-state index contributed by atoms with van der Waals surface area (Å²) >= 11 is 3.45. The zero-order valence-electron chi connectivity index (χ0n) is 11.6. The molecule has 1 aromatic carbocycles. The van der Waals surface area contributed by atoms with Crippen molar-refractivity contribution in [2.75, 3.05) is 42.7 Å². The predicted octanol–water partition coefficient (Wildman–Crippen LogP) is 2.83. The number of anilines is 3. The summed E-state index contributed by atoms with van der Waals surface area (Å²) in [6.45, 7) is 1.58. The summed E-state index contributed by atoms with van der Waals surface area (Å²) in [7, 11) is 3.91. The summed E-state index contributed by atoms with van der Waals surface area (Å²) in [6.07, 6.45) is 3.39. The van der Waals surface area contributed by atoms with E-state index in [0.717, 1.165) is 34.9 Å². The fourth-order valence-electron chi connectivity index (χ4n) is 1.77. The molecule has 20 heavy (non-hydrogen) atoms. The summed E-state index contributed by atoms with van der Waals surface area (Å²) in [5.74, 6) is 1.64. The lowest BCUT2D eigenvalue weighted by atomic mass is 10.3. The first-order valence-corrected chi connectivity index (χ1v) is 7.18. The highest BCUT2D eigenvalue weighted by Gasteiger charge is 2.05. The molecule has 2 N–H and O–H groups in total. The number of hydrogen-bond donors (Lipinski definition) is 2. The summed E-state index contributed by atoms with van der Waals surface area (Å²) in [5.41, 5.74) is 1.09. The second-order valence-corrected chi connectivity index (χ2v) is 5.40. The van der Waals surface area contributed by atoms with Gasteiger partial charge < -0.3 is 15.5 Å². The molecule has 0 unspecified atom stereocenters. The highest BCUT2D eigenvalue weighted by molar-refractivity contribution is 9.10. The van der Waals surface area contributed by atoms with Gasteiger partial charge >= 0.3 is 0 Å². The van der Waals surface area contributed by atoms with E-state index in [2.05, 4.69) is 36.5 Å².